The normalized spacial score (nSPS) is 8.44. The smallest absolute Gasteiger partial charge is 0.292 e. The zero-order valence-corrected chi connectivity index (χ0v) is 4.95. The summed E-state index contributed by atoms with van der Waals surface area (Å²) in [6.45, 7) is 1.50. The highest BCUT2D eigenvalue weighted by molar-refractivity contribution is 5.83. The van der Waals surface area contributed by atoms with Crippen molar-refractivity contribution < 1.29 is 13.6 Å². The van der Waals surface area contributed by atoms with Gasteiger partial charge < -0.3 is 0 Å². The van der Waals surface area contributed by atoms with Crippen molar-refractivity contribution in [2.45, 2.75) is 19.8 Å². The number of carbonyl (C=O) groups is 1. The summed E-state index contributed by atoms with van der Waals surface area (Å²) in [5, 5.41) is 0. The van der Waals surface area contributed by atoms with Crippen LogP contribution in [-0.2, 0) is 4.79 Å². The van der Waals surface area contributed by atoms with Gasteiger partial charge in [-0.2, -0.15) is 0 Å². The molecule has 0 bridgehead atoms. The van der Waals surface area contributed by atoms with Gasteiger partial charge in [-0.1, -0.05) is 5.92 Å². The Morgan fingerprint density at radius 3 is 2.56 bits per heavy atom. The molecule has 0 rings (SSSR count). The summed E-state index contributed by atoms with van der Waals surface area (Å²) in [5.41, 5.74) is 0. The molecule has 0 N–H and O–H groups in total. The molecule has 0 atom stereocenters. The van der Waals surface area contributed by atoms with E-state index in [1.807, 2.05) is 0 Å². The number of halogens is 2. The van der Waals surface area contributed by atoms with Gasteiger partial charge in [-0.15, -0.1) is 5.92 Å². The van der Waals surface area contributed by atoms with Gasteiger partial charge in [0.05, 0.1) is 6.42 Å². The molecule has 0 aliphatic rings. The minimum absolute atomic E-state index is 0.339. The van der Waals surface area contributed by atoms with Crippen LogP contribution in [-0.4, -0.2) is 12.2 Å². The van der Waals surface area contributed by atoms with Crippen LogP contribution in [0.4, 0.5) is 8.78 Å². The lowest BCUT2D eigenvalue weighted by atomic mass is 10.3. The van der Waals surface area contributed by atoms with Gasteiger partial charge in [0.15, 0.2) is 0 Å². The number of hydrogen-bond donors (Lipinski definition) is 0. The summed E-state index contributed by atoms with van der Waals surface area (Å²) in [6.07, 6.45) is -3.21. The fourth-order valence-electron chi connectivity index (χ4n) is 0.253. The Labute approximate surface area is 52.1 Å². The average Bonchev–Trinajstić information content (AvgIpc) is 1.82. The molecule has 0 radical (unpaired) electrons. The maximum atomic E-state index is 11.3. The maximum Gasteiger partial charge on any atom is 0.296 e. The fraction of sp³-hybridized carbons (Fsp3) is 0.500. The van der Waals surface area contributed by atoms with Gasteiger partial charge in [0.1, 0.15) is 0 Å². The van der Waals surface area contributed by atoms with E-state index in [1.54, 1.807) is 0 Å². The molecule has 0 saturated heterocycles. The van der Waals surface area contributed by atoms with Crippen LogP contribution in [0.15, 0.2) is 0 Å². The Bertz CT molecular complexity index is 152. The molecule has 1 nitrogen and oxygen atoms in total. The topological polar surface area (TPSA) is 17.1 Å². The predicted molar refractivity (Wildman–Crippen MR) is 29.1 cm³/mol. The van der Waals surface area contributed by atoms with Crippen molar-refractivity contribution in [3.8, 4) is 11.8 Å². The van der Waals surface area contributed by atoms with Gasteiger partial charge in [-0.3, -0.25) is 4.79 Å². The summed E-state index contributed by atoms with van der Waals surface area (Å²) < 4.78 is 22.7. The first kappa shape index (κ1) is 8.09. The quantitative estimate of drug-likeness (QED) is 0.516. The highest BCUT2D eigenvalue weighted by atomic mass is 19.3. The van der Waals surface area contributed by atoms with Crippen molar-refractivity contribution in [2.24, 2.45) is 0 Å². The molecule has 0 aliphatic carbocycles. The molecule has 0 aromatic rings. The summed E-state index contributed by atoms with van der Waals surface area (Å²) in [5.74, 6) is 3.49. The second-order valence-electron chi connectivity index (χ2n) is 1.37. The molecule has 0 aromatic carbocycles. The van der Waals surface area contributed by atoms with E-state index in [2.05, 4.69) is 11.8 Å². The Balaban J connectivity index is 3.60. The van der Waals surface area contributed by atoms with Gasteiger partial charge >= 0.3 is 0 Å². The first-order chi connectivity index (χ1) is 4.18. The zero-order valence-electron chi connectivity index (χ0n) is 4.95. The molecule has 0 aliphatic heterocycles. The van der Waals surface area contributed by atoms with Crippen molar-refractivity contribution in [3.63, 3.8) is 0 Å². The lowest BCUT2D eigenvalue weighted by Gasteiger charge is -1.88. The van der Waals surface area contributed by atoms with Crippen molar-refractivity contribution in [2.75, 3.05) is 0 Å². The predicted octanol–water partition coefficient (Wildman–Crippen LogP) is 1.23. The fourth-order valence-corrected chi connectivity index (χ4v) is 0.253. The van der Waals surface area contributed by atoms with E-state index in [4.69, 9.17) is 0 Å². The van der Waals surface area contributed by atoms with Crippen LogP contribution >= 0.6 is 0 Å². The van der Waals surface area contributed by atoms with Crippen LogP contribution in [0.2, 0.25) is 0 Å². The van der Waals surface area contributed by atoms with Crippen LogP contribution in [0, 0.1) is 11.8 Å². The van der Waals surface area contributed by atoms with E-state index in [0.29, 0.717) is 0 Å². The number of carbonyl (C=O) groups excluding carboxylic acids is 1. The number of ketones is 1. The minimum Gasteiger partial charge on any atom is -0.292 e. The number of rotatable bonds is 2. The molecule has 50 valence electrons. The van der Waals surface area contributed by atoms with E-state index in [9.17, 15) is 13.6 Å². The van der Waals surface area contributed by atoms with Crippen LogP contribution in [0.1, 0.15) is 13.3 Å². The largest absolute Gasteiger partial charge is 0.296 e. The molecular weight excluding hydrogens is 126 g/mol. The monoisotopic (exact) mass is 132 g/mol. The van der Waals surface area contributed by atoms with Crippen molar-refractivity contribution in [1.82, 2.24) is 0 Å². The third-order valence-corrected chi connectivity index (χ3v) is 0.683. The SMILES string of the molecule is CC#CCC(=O)C(F)F. The Kier molecular flexibility index (Phi) is 3.61. The molecular formula is C6H6F2O. The summed E-state index contributed by atoms with van der Waals surface area (Å²) in [4.78, 5) is 10.0. The molecule has 0 saturated carbocycles. The Morgan fingerprint density at radius 2 is 2.22 bits per heavy atom. The molecule has 0 spiro atoms. The number of alkyl halides is 2. The highest BCUT2D eigenvalue weighted by Gasteiger charge is 2.12. The third-order valence-electron chi connectivity index (χ3n) is 0.683. The Hall–Kier alpha value is -0.910. The van der Waals surface area contributed by atoms with E-state index in [0.717, 1.165) is 0 Å². The molecule has 0 fully saturated rings. The van der Waals surface area contributed by atoms with Gasteiger partial charge in [-0.25, -0.2) is 8.78 Å². The second-order valence-corrected chi connectivity index (χ2v) is 1.37. The summed E-state index contributed by atoms with van der Waals surface area (Å²) >= 11 is 0. The molecule has 0 unspecified atom stereocenters. The lowest BCUT2D eigenvalue weighted by Crippen LogP contribution is -2.07. The van der Waals surface area contributed by atoms with Gasteiger partial charge in [-0.05, 0) is 6.92 Å². The molecule has 9 heavy (non-hydrogen) atoms. The summed E-state index contributed by atoms with van der Waals surface area (Å²) in [7, 11) is 0. The Morgan fingerprint density at radius 1 is 1.67 bits per heavy atom. The van der Waals surface area contributed by atoms with Crippen molar-refractivity contribution in [1.29, 1.82) is 0 Å². The molecule has 0 amide bonds. The van der Waals surface area contributed by atoms with Crippen LogP contribution < -0.4 is 0 Å². The van der Waals surface area contributed by atoms with E-state index < -0.39 is 12.2 Å². The molecule has 0 aromatic heterocycles. The zero-order chi connectivity index (χ0) is 7.28. The first-order valence-electron chi connectivity index (χ1n) is 2.39. The van der Waals surface area contributed by atoms with E-state index in [-0.39, 0.29) is 6.42 Å². The minimum atomic E-state index is -2.87. The summed E-state index contributed by atoms with van der Waals surface area (Å²) in [6, 6.07) is 0. The standard InChI is InChI=1S/C6H6F2O/c1-2-3-4-5(9)6(7)8/h6H,4H2,1H3. The maximum absolute atomic E-state index is 11.3. The van der Waals surface area contributed by atoms with Crippen LogP contribution in [0.5, 0.6) is 0 Å². The highest BCUT2D eigenvalue weighted by Crippen LogP contribution is 1.96. The van der Waals surface area contributed by atoms with Gasteiger partial charge in [0, 0.05) is 0 Å². The number of Topliss-reactive ketones (excluding diaryl/α,β-unsaturated/α-hetero) is 1. The van der Waals surface area contributed by atoms with Gasteiger partial charge in [0.25, 0.3) is 6.43 Å². The van der Waals surface area contributed by atoms with Crippen LogP contribution in [0.3, 0.4) is 0 Å². The van der Waals surface area contributed by atoms with E-state index >= 15 is 0 Å². The lowest BCUT2D eigenvalue weighted by molar-refractivity contribution is -0.128. The third kappa shape index (κ3) is 3.65. The molecule has 3 heteroatoms. The van der Waals surface area contributed by atoms with Gasteiger partial charge in [0.2, 0.25) is 5.78 Å². The number of hydrogen-bond acceptors (Lipinski definition) is 1. The van der Waals surface area contributed by atoms with Crippen LogP contribution in [0.25, 0.3) is 0 Å². The van der Waals surface area contributed by atoms with E-state index in [1.165, 1.54) is 6.92 Å². The average molecular weight is 132 g/mol. The second kappa shape index (κ2) is 4.02. The van der Waals surface area contributed by atoms with Crippen molar-refractivity contribution in [3.05, 3.63) is 0 Å². The first-order valence-corrected chi connectivity index (χ1v) is 2.39. The van der Waals surface area contributed by atoms with Crippen molar-refractivity contribution >= 4 is 5.78 Å². The molecule has 0 heterocycles.